The molecule has 2 aromatic rings. The predicted molar refractivity (Wildman–Crippen MR) is 64.0 cm³/mol. The average Bonchev–Trinajstić information content (AvgIpc) is 3.07. The minimum absolute atomic E-state index is 0.181. The Labute approximate surface area is 99.5 Å². The molecule has 1 N–H and O–H groups in total. The lowest BCUT2D eigenvalue weighted by Gasteiger charge is -2.02. The second-order valence-electron chi connectivity index (χ2n) is 4.27. The summed E-state index contributed by atoms with van der Waals surface area (Å²) in [6.07, 6.45) is 3.40. The van der Waals surface area contributed by atoms with E-state index in [4.69, 9.17) is 0 Å². The van der Waals surface area contributed by atoms with Gasteiger partial charge in [-0.2, -0.15) is 5.10 Å². The van der Waals surface area contributed by atoms with Crippen LogP contribution in [0.3, 0.4) is 0 Å². The molecule has 0 bridgehead atoms. The largest absolute Gasteiger partial charge is 0.241 e. The number of rotatable bonds is 4. The molecule has 1 fully saturated rings. The summed E-state index contributed by atoms with van der Waals surface area (Å²) in [4.78, 5) is 0. The molecule has 1 aliphatic carbocycles. The Bertz CT molecular complexity index is 611. The lowest BCUT2D eigenvalue weighted by molar-refractivity contribution is 0.578. The van der Waals surface area contributed by atoms with Gasteiger partial charge >= 0.3 is 0 Å². The van der Waals surface area contributed by atoms with Gasteiger partial charge in [0, 0.05) is 6.20 Å². The van der Waals surface area contributed by atoms with Crippen LogP contribution >= 0.6 is 0 Å². The topological polar surface area (TPSA) is 63.5 Å². The lowest BCUT2D eigenvalue weighted by atomic mass is 10.3. The molecule has 3 rings (SSSR count). The summed E-state index contributed by atoms with van der Waals surface area (Å²) in [6, 6.07) is 7.63. The highest BCUT2D eigenvalue weighted by Crippen LogP contribution is 2.27. The highest BCUT2D eigenvalue weighted by Gasteiger charge is 2.35. The molecule has 0 saturated heterocycles. The fraction of sp³-hybridized carbons (Fsp3) is 0.364. The van der Waals surface area contributed by atoms with E-state index in [0.717, 1.165) is 24.1 Å². The molecule has 1 saturated carbocycles. The molecule has 5 nitrogen and oxygen atoms in total. The van der Waals surface area contributed by atoms with Crippen molar-refractivity contribution in [3.63, 3.8) is 0 Å². The Kier molecular flexibility index (Phi) is 2.41. The van der Waals surface area contributed by atoms with Crippen LogP contribution in [0.15, 0.2) is 30.5 Å². The Morgan fingerprint density at radius 3 is 2.94 bits per heavy atom. The van der Waals surface area contributed by atoms with Crippen LogP contribution in [0.2, 0.25) is 0 Å². The maximum Gasteiger partial charge on any atom is 0.214 e. The highest BCUT2D eigenvalue weighted by molar-refractivity contribution is 7.90. The Balaban J connectivity index is 1.76. The minimum Gasteiger partial charge on any atom is -0.241 e. The summed E-state index contributed by atoms with van der Waals surface area (Å²) < 4.78 is 27.6. The van der Waals surface area contributed by atoms with Crippen LogP contribution in [0, 0.1) is 0 Å². The molecule has 6 heteroatoms. The van der Waals surface area contributed by atoms with Gasteiger partial charge in [0.2, 0.25) is 10.0 Å². The smallest absolute Gasteiger partial charge is 0.214 e. The van der Waals surface area contributed by atoms with E-state index in [0.29, 0.717) is 0 Å². The summed E-state index contributed by atoms with van der Waals surface area (Å²) in [5.41, 5.74) is 1.70. The van der Waals surface area contributed by atoms with Crippen LogP contribution in [0.1, 0.15) is 18.5 Å². The zero-order valence-electron chi connectivity index (χ0n) is 9.20. The normalized spacial score (nSPS) is 16.5. The molecule has 0 unspecified atom stereocenters. The van der Waals surface area contributed by atoms with Gasteiger partial charge in [0.05, 0.1) is 23.0 Å². The number of sulfonamides is 1. The van der Waals surface area contributed by atoms with Crippen LogP contribution in [-0.2, 0) is 16.6 Å². The first kappa shape index (κ1) is 10.7. The Morgan fingerprint density at radius 2 is 2.24 bits per heavy atom. The van der Waals surface area contributed by atoms with Gasteiger partial charge < -0.3 is 0 Å². The van der Waals surface area contributed by atoms with Crippen LogP contribution in [-0.4, -0.2) is 23.3 Å². The predicted octanol–water partition coefficient (Wildman–Crippen LogP) is 0.916. The molecule has 1 aliphatic rings. The zero-order valence-corrected chi connectivity index (χ0v) is 10.0. The average molecular weight is 251 g/mol. The molecular weight excluding hydrogens is 238 g/mol. The SMILES string of the molecule is O=S(=O)(NCc1cc2ccccn2n1)C1CC1. The summed E-state index contributed by atoms with van der Waals surface area (Å²) in [6.45, 7) is 0.264. The first-order valence-corrected chi connectivity index (χ1v) is 7.11. The standard InChI is InChI=1S/C11H13N3O2S/c15-17(16,11-4-5-11)12-8-9-7-10-3-1-2-6-14(10)13-9/h1-3,6-7,11-12H,4-5,8H2. The van der Waals surface area contributed by atoms with Crippen LogP contribution in [0.4, 0.5) is 0 Å². The van der Waals surface area contributed by atoms with Crippen molar-refractivity contribution < 1.29 is 8.42 Å². The zero-order chi connectivity index (χ0) is 11.9. The van der Waals surface area contributed by atoms with E-state index in [1.165, 1.54) is 0 Å². The van der Waals surface area contributed by atoms with E-state index >= 15 is 0 Å². The fourth-order valence-corrected chi connectivity index (χ4v) is 3.09. The van der Waals surface area contributed by atoms with Crippen molar-refractivity contribution in [1.82, 2.24) is 14.3 Å². The van der Waals surface area contributed by atoms with E-state index in [2.05, 4.69) is 9.82 Å². The van der Waals surface area contributed by atoms with Gasteiger partial charge in [-0.15, -0.1) is 0 Å². The Morgan fingerprint density at radius 1 is 1.41 bits per heavy atom. The van der Waals surface area contributed by atoms with E-state index < -0.39 is 10.0 Å². The maximum absolute atomic E-state index is 11.6. The van der Waals surface area contributed by atoms with Crippen molar-refractivity contribution >= 4 is 15.5 Å². The summed E-state index contributed by atoms with van der Waals surface area (Å²) in [7, 11) is -3.12. The van der Waals surface area contributed by atoms with Crippen molar-refractivity contribution in [3.05, 3.63) is 36.2 Å². The molecule has 0 atom stereocenters. The first-order chi connectivity index (χ1) is 8.15. The maximum atomic E-state index is 11.6. The molecule has 90 valence electrons. The lowest BCUT2D eigenvalue weighted by Crippen LogP contribution is -2.26. The number of hydrogen-bond donors (Lipinski definition) is 1. The van der Waals surface area contributed by atoms with E-state index in [-0.39, 0.29) is 11.8 Å². The number of fused-ring (bicyclic) bond motifs is 1. The fourth-order valence-electron chi connectivity index (χ4n) is 1.75. The molecule has 2 aromatic heterocycles. The van der Waals surface area contributed by atoms with Gasteiger partial charge in [0.1, 0.15) is 0 Å². The molecule has 2 heterocycles. The van der Waals surface area contributed by atoms with Crippen LogP contribution in [0.5, 0.6) is 0 Å². The molecule has 0 spiro atoms. The number of nitrogens with zero attached hydrogens (tertiary/aromatic N) is 2. The van der Waals surface area contributed by atoms with E-state index in [1.807, 2.05) is 30.5 Å². The minimum atomic E-state index is -3.12. The second-order valence-corrected chi connectivity index (χ2v) is 6.32. The van der Waals surface area contributed by atoms with Gasteiger partial charge in [-0.1, -0.05) is 6.07 Å². The second kappa shape index (κ2) is 3.82. The third-order valence-corrected chi connectivity index (χ3v) is 4.73. The molecule has 17 heavy (non-hydrogen) atoms. The summed E-state index contributed by atoms with van der Waals surface area (Å²) >= 11 is 0. The molecule has 0 aliphatic heterocycles. The van der Waals surface area contributed by atoms with Crippen molar-refractivity contribution in [1.29, 1.82) is 0 Å². The molecular formula is C11H13N3O2S. The third kappa shape index (κ3) is 2.18. The Hall–Kier alpha value is -1.40. The van der Waals surface area contributed by atoms with Gasteiger partial charge in [0.15, 0.2) is 0 Å². The first-order valence-electron chi connectivity index (χ1n) is 5.57. The summed E-state index contributed by atoms with van der Waals surface area (Å²) in [5.74, 6) is 0. The molecule has 0 radical (unpaired) electrons. The van der Waals surface area contributed by atoms with Gasteiger partial charge in [-0.3, -0.25) is 0 Å². The van der Waals surface area contributed by atoms with E-state index in [1.54, 1.807) is 4.52 Å². The van der Waals surface area contributed by atoms with Gasteiger partial charge in [-0.25, -0.2) is 17.7 Å². The van der Waals surface area contributed by atoms with Gasteiger partial charge in [0.25, 0.3) is 0 Å². The number of nitrogens with one attached hydrogen (secondary N) is 1. The molecule has 0 aromatic carbocycles. The highest BCUT2D eigenvalue weighted by atomic mass is 32.2. The van der Waals surface area contributed by atoms with Crippen molar-refractivity contribution in [3.8, 4) is 0 Å². The third-order valence-electron chi connectivity index (χ3n) is 2.84. The van der Waals surface area contributed by atoms with Crippen molar-refractivity contribution in [2.45, 2.75) is 24.6 Å². The quantitative estimate of drug-likeness (QED) is 0.878. The van der Waals surface area contributed by atoms with Gasteiger partial charge in [-0.05, 0) is 31.0 Å². The number of pyridine rings is 1. The molecule has 0 amide bonds. The van der Waals surface area contributed by atoms with E-state index in [9.17, 15) is 8.42 Å². The van der Waals surface area contributed by atoms with Crippen LogP contribution in [0.25, 0.3) is 5.52 Å². The van der Waals surface area contributed by atoms with Crippen LogP contribution < -0.4 is 4.72 Å². The summed E-state index contributed by atoms with van der Waals surface area (Å²) in [5, 5.41) is 4.10. The number of aromatic nitrogens is 2. The van der Waals surface area contributed by atoms with Crippen molar-refractivity contribution in [2.75, 3.05) is 0 Å². The monoisotopic (exact) mass is 251 g/mol. The number of hydrogen-bond acceptors (Lipinski definition) is 3. The van der Waals surface area contributed by atoms with Crippen molar-refractivity contribution in [2.24, 2.45) is 0 Å².